The van der Waals surface area contributed by atoms with E-state index >= 15 is 0 Å². The number of hydroxylamine groups is 2. The van der Waals surface area contributed by atoms with Gasteiger partial charge in [-0.25, -0.2) is 9.86 Å². The number of urea groups is 1. The highest BCUT2D eigenvalue weighted by Crippen LogP contribution is 2.12. The predicted molar refractivity (Wildman–Crippen MR) is 62.9 cm³/mol. The van der Waals surface area contributed by atoms with Crippen molar-refractivity contribution in [2.75, 3.05) is 19.5 Å². The summed E-state index contributed by atoms with van der Waals surface area (Å²) in [5.41, 5.74) is 0.755. The molecule has 0 heterocycles. The zero-order valence-corrected chi connectivity index (χ0v) is 10.1. The number of nitrogens with one attached hydrogen (secondary N) is 1. The smallest absolute Gasteiger partial charge is 0.306 e. The van der Waals surface area contributed by atoms with Crippen LogP contribution in [0.1, 0.15) is 0 Å². The molecule has 1 N–H and O–H groups in total. The van der Waals surface area contributed by atoms with Gasteiger partial charge in [0, 0.05) is 16.3 Å². The zero-order chi connectivity index (χ0) is 10.6. The van der Waals surface area contributed by atoms with Crippen LogP contribution in [-0.2, 0) is 4.84 Å². The molecule has 0 radical (unpaired) electrons. The standard InChI is InChI=1S/C9H11IN2O2/c1-12(14-2)9(13)11-8-5-3-4-7(10)6-8/h3-6H,1-2H3,(H,11,13). The van der Waals surface area contributed by atoms with Crippen molar-refractivity contribution >= 4 is 34.3 Å². The van der Waals surface area contributed by atoms with Crippen LogP contribution in [0, 0.1) is 3.57 Å². The van der Waals surface area contributed by atoms with Crippen LogP contribution in [0.3, 0.4) is 0 Å². The van der Waals surface area contributed by atoms with Gasteiger partial charge in [0.05, 0.1) is 7.11 Å². The fourth-order valence-corrected chi connectivity index (χ4v) is 1.39. The van der Waals surface area contributed by atoms with Gasteiger partial charge in [-0.1, -0.05) is 6.07 Å². The van der Waals surface area contributed by atoms with Crippen LogP contribution in [0.15, 0.2) is 24.3 Å². The average molecular weight is 306 g/mol. The first-order valence-corrected chi connectivity index (χ1v) is 5.05. The summed E-state index contributed by atoms with van der Waals surface area (Å²) in [7, 11) is 2.98. The quantitative estimate of drug-likeness (QED) is 0.673. The number of anilines is 1. The molecular weight excluding hydrogens is 295 g/mol. The van der Waals surface area contributed by atoms with E-state index in [4.69, 9.17) is 4.84 Å². The molecule has 1 aromatic rings. The highest BCUT2D eigenvalue weighted by atomic mass is 127. The monoisotopic (exact) mass is 306 g/mol. The minimum atomic E-state index is -0.297. The van der Waals surface area contributed by atoms with Crippen molar-refractivity contribution in [2.24, 2.45) is 0 Å². The lowest BCUT2D eigenvalue weighted by atomic mass is 10.3. The van der Waals surface area contributed by atoms with Gasteiger partial charge in [-0.3, -0.25) is 4.84 Å². The Hall–Kier alpha value is -0.820. The predicted octanol–water partition coefficient (Wildman–Crippen LogP) is 2.32. The van der Waals surface area contributed by atoms with E-state index in [1.807, 2.05) is 24.3 Å². The summed E-state index contributed by atoms with van der Waals surface area (Å²) in [6.07, 6.45) is 0. The maximum absolute atomic E-state index is 11.3. The highest BCUT2D eigenvalue weighted by Gasteiger charge is 2.06. The Morgan fingerprint density at radius 3 is 2.86 bits per heavy atom. The van der Waals surface area contributed by atoms with E-state index in [2.05, 4.69) is 27.9 Å². The second-order valence-electron chi connectivity index (χ2n) is 2.62. The van der Waals surface area contributed by atoms with Crippen molar-refractivity contribution in [2.45, 2.75) is 0 Å². The Labute approximate surface area is 96.3 Å². The Morgan fingerprint density at radius 2 is 2.29 bits per heavy atom. The van der Waals surface area contributed by atoms with Crippen molar-refractivity contribution in [3.63, 3.8) is 0 Å². The van der Waals surface area contributed by atoms with E-state index in [0.717, 1.165) is 14.3 Å². The van der Waals surface area contributed by atoms with Crippen molar-refractivity contribution in [3.05, 3.63) is 27.8 Å². The number of hydrogen-bond acceptors (Lipinski definition) is 2. The van der Waals surface area contributed by atoms with Crippen LogP contribution in [0.4, 0.5) is 10.5 Å². The summed E-state index contributed by atoms with van der Waals surface area (Å²) in [6.45, 7) is 0. The van der Waals surface area contributed by atoms with E-state index in [9.17, 15) is 4.79 Å². The van der Waals surface area contributed by atoms with Gasteiger partial charge in [0.15, 0.2) is 0 Å². The van der Waals surface area contributed by atoms with Gasteiger partial charge in [-0.05, 0) is 40.8 Å². The maximum atomic E-state index is 11.3. The maximum Gasteiger partial charge on any atom is 0.345 e. The Bertz CT molecular complexity index is 330. The fraction of sp³-hybridized carbons (Fsp3) is 0.222. The zero-order valence-electron chi connectivity index (χ0n) is 7.95. The molecule has 76 valence electrons. The summed E-state index contributed by atoms with van der Waals surface area (Å²) < 4.78 is 1.07. The molecule has 1 aromatic carbocycles. The number of halogens is 1. The van der Waals surface area contributed by atoms with Gasteiger partial charge in [0.2, 0.25) is 0 Å². The number of benzene rings is 1. The topological polar surface area (TPSA) is 41.6 Å². The van der Waals surface area contributed by atoms with Crippen LogP contribution in [0.2, 0.25) is 0 Å². The van der Waals surface area contributed by atoms with Crippen LogP contribution in [-0.4, -0.2) is 25.3 Å². The lowest BCUT2D eigenvalue weighted by molar-refractivity contribution is -0.0598. The van der Waals surface area contributed by atoms with E-state index in [1.54, 1.807) is 7.05 Å². The van der Waals surface area contributed by atoms with Gasteiger partial charge >= 0.3 is 6.03 Å². The molecule has 0 aliphatic heterocycles. The van der Waals surface area contributed by atoms with E-state index in [1.165, 1.54) is 7.11 Å². The van der Waals surface area contributed by atoms with Gasteiger partial charge in [-0.2, -0.15) is 0 Å². The third kappa shape index (κ3) is 3.15. The molecule has 0 aliphatic rings. The second kappa shape index (κ2) is 5.16. The molecule has 4 nitrogen and oxygen atoms in total. The number of rotatable bonds is 2. The second-order valence-corrected chi connectivity index (χ2v) is 3.87. The van der Waals surface area contributed by atoms with Gasteiger partial charge in [-0.15, -0.1) is 0 Å². The first-order chi connectivity index (χ1) is 6.63. The third-order valence-electron chi connectivity index (χ3n) is 1.64. The molecule has 2 amide bonds. The lowest BCUT2D eigenvalue weighted by Gasteiger charge is -2.14. The molecule has 0 unspecified atom stereocenters. The molecule has 0 aliphatic carbocycles. The van der Waals surface area contributed by atoms with E-state index < -0.39 is 0 Å². The van der Waals surface area contributed by atoms with Crippen LogP contribution >= 0.6 is 22.6 Å². The molecule has 14 heavy (non-hydrogen) atoms. The number of hydrogen-bond donors (Lipinski definition) is 1. The van der Waals surface area contributed by atoms with Gasteiger partial charge in [0.25, 0.3) is 0 Å². The first kappa shape index (κ1) is 11.3. The average Bonchev–Trinajstić information content (AvgIpc) is 2.16. The Morgan fingerprint density at radius 1 is 1.57 bits per heavy atom. The van der Waals surface area contributed by atoms with Gasteiger partial charge in [0.1, 0.15) is 0 Å². The van der Waals surface area contributed by atoms with Crippen LogP contribution in [0.5, 0.6) is 0 Å². The molecule has 0 bridgehead atoms. The van der Waals surface area contributed by atoms with Crippen molar-refractivity contribution in [1.82, 2.24) is 5.06 Å². The summed E-state index contributed by atoms with van der Waals surface area (Å²) in [6, 6.07) is 7.24. The minimum absolute atomic E-state index is 0.297. The number of nitrogens with zero attached hydrogens (tertiary/aromatic N) is 1. The largest absolute Gasteiger partial charge is 0.345 e. The molecule has 1 rings (SSSR count). The summed E-state index contributed by atoms with van der Waals surface area (Å²) >= 11 is 2.18. The summed E-state index contributed by atoms with van der Waals surface area (Å²) in [5, 5.41) is 3.82. The number of carbonyl (C=O) groups is 1. The van der Waals surface area contributed by atoms with Crippen molar-refractivity contribution in [1.29, 1.82) is 0 Å². The lowest BCUT2D eigenvalue weighted by Crippen LogP contribution is -2.30. The van der Waals surface area contributed by atoms with Crippen LogP contribution in [0.25, 0.3) is 0 Å². The molecular formula is C9H11IN2O2. The molecule has 0 saturated carbocycles. The molecule has 0 saturated heterocycles. The van der Waals surface area contributed by atoms with Crippen LogP contribution < -0.4 is 5.32 Å². The normalized spacial score (nSPS) is 9.64. The number of amides is 2. The molecule has 0 atom stereocenters. The molecule has 0 spiro atoms. The molecule has 0 aromatic heterocycles. The molecule has 5 heteroatoms. The number of carbonyl (C=O) groups excluding carboxylic acids is 1. The van der Waals surface area contributed by atoms with E-state index in [-0.39, 0.29) is 6.03 Å². The Kier molecular flexibility index (Phi) is 4.15. The molecule has 0 fully saturated rings. The first-order valence-electron chi connectivity index (χ1n) is 3.98. The fourth-order valence-electron chi connectivity index (χ4n) is 0.851. The summed E-state index contributed by atoms with van der Waals surface area (Å²) in [5.74, 6) is 0. The summed E-state index contributed by atoms with van der Waals surface area (Å²) in [4.78, 5) is 16.1. The van der Waals surface area contributed by atoms with Crippen molar-refractivity contribution < 1.29 is 9.63 Å². The van der Waals surface area contributed by atoms with E-state index in [0.29, 0.717) is 0 Å². The SMILES string of the molecule is CON(C)C(=O)Nc1cccc(I)c1. The third-order valence-corrected chi connectivity index (χ3v) is 2.31. The minimum Gasteiger partial charge on any atom is -0.306 e. The highest BCUT2D eigenvalue weighted by molar-refractivity contribution is 14.1. The van der Waals surface area contributed by atoms with Crippen molar-refractivity contribution in [3.8, 4) is 0 Å². The van der Waals surface area contributed by atoms with Gasteiger partial charge < -0.3 is 5.32 Å². The Balaban J connectivity index is 2.65.